The van der Waals surface area contributed by atoms with Gasteiger partial charge in [0.05, 0.1) is 17.7 Å². The van der Waals surface area contributed by atoms with Crippen LogP contribution in [-0.4, -0.2) is 35.1 Å². The summed E-state index contributed by atoms with van der Waals surface area (Å²) >= 11 is 0. The number of hydrogen-bond acceptors (Lipinski definition) is 3. The maximum atomic E-state index is 13.5. The van der Waals surface area contributed by atoms with Crippen LogP contribution in [0.2, 0.25) is 0 Å². The van der Waals surface area contributed by atoms with Gasteiger partial charge in [0.1, 0.15) is 5.82 Å². The molecule has 0 saturated carbocycles. The van der Waals surface area contributed by atoms with Crippen molar-refractivity contribution < 1.29 is 14.3 Å². The molecule has 0 fully saturated rings. The molecule has 0 saturated heterocycles. The fraction of sp³-hybridized carbons (Fsp3) is 0.417. The third-order valence-corrected chi connectivity index (χ3v) is 2.82. The van der Waals surface area contributed by atoms with E-state index in [9.17, 15) is 14.3 Å². The molecule has 17 heavy (non-hydrogen) atoms. The summed E-state index contributed by atoms with van der Waals surface area (Å²) in [7, 11) is 1.52. The number of anilines is 1. The molecule has 0 heterocycles. The summed E-state index contributed by atoms with van der Waals surface area (Å²) in [6.07, 6.45) is 0. The third kappa shape index (κ3) is 2.74. The van der Waals surface area contributed by atoms with Crippen LogP contribution in [-0.2, 0) is 0 Å². The Morgan fingerprint density at radius 1 is 1.53 bits per heavy atom. The van der Waals surface area contributed by atoms with E-state index in [1.54, 1.807) is 13.8 Å². The number of nitrogen functional groups attached to an aromatic ring is 1. The zero-order valence-corrected chi connectivity index (χ0v) is 10.2. The number of aliphatic hydroxyl groups excluding tert-OH is 1. The highest BCUT2D eigenvalue weighted by molar-refractivity contribution is 5.95. The van der Waals surface area contributed by atoms with E-state index in [-0.39, 0.29) is 12.2 Å². The number of nitrogens with two attached hydrogens (primary N) is 1. The Hall–Kier alpha value is -1.62. The Bertz CT molecular complexity index is 433. The summed E-state index contributed by atoms with van der Waals surface area (Å²) in [5, 5.41) is 9.17. The number of benzene rings is 1. The van der Waals surface area contributed by atoms with E-state index < -0.39 is 17.3 Å². The first-order chi connectivity index (χ1) is 7.79. The number of halogens is 1. The number of rotatable bonds is 3. The van der Waals surface area contributed by atoms with E-state index in [1.807, 2.05) is 0 Å². The first-order valence-corrected chi connectivity index (χ1v) is 5.23. The number of aliphatic hydroxyl groups is 1. The summed E-state index contributed by atoms with van der Waals surface area (Å²) in [5.41, 5.74) is 5.00. The lowest BCUT2D eigenvalue weighted by molar-refractivity contribution is 0.0469. The van der Waals surface area contributed by atoms with Crippen molar-refractivity contribution in [1.82, 2.24) is 4.90 Å². The van der Waals surface area contributed by atoms with Gasteiger partial charge in [0.2, 0.25) is 0 Å². The predicted octanol–water partition coefficient (Wildman–Crippen LogP) is 1.25. The molecular weight excluding hydrogens is 223 g/mol. The zero-order valence-electron chi connectivity index (χ0n) is 10.2. The Labute approximate surface area is 99.8 Å². The van der Waals surface area contributed by atoms with Crippen molar-refractivity contribution in [1.29, 1.82) is 0 Å². The third-order valence-electron chi connectivity index (χ3n) is 2.82. The molecule has 1 aromatic carbocycles. The Morgan fingerprint density at radius 3 is 2.65 bits per heavy atom. The number of likely N-dealkylation sites (N-methyl/N-ethyl adjacent to an activating group) is 1. The van der Waals surface area contributed by atoms with Gasteiger partial charge >= 0.3 is 0 Å². The minimum Gasteiger partial charge on any atom is -0.399 e. The van der Waals surface area contributed by atoms with Gasteiger partial charge in [0, 0.05) is 12.7 Å². The molecule has 1 aromatic rings. The molecule has 1 rings (SSSR count). The molecule has 94 valence electrons. The lowest BCUT2D eigenvalue weighted by Crippen LogP contribution is -2.47. The summed E-state index contributed by atoms with van der Waals surface area (Å²) in [4.78, 5) is 13.3. The van der Waals surface area contributed by atoms with E-state index in [0.717, 1.165) is 6.07 Å². The molecule has 0 radical (unpaired) electrons. The lowest BCUT2D eigenvalue weighted by Gasteiger charge is -2.34. The van der Waals surface area contributed by atoms with Crippen LogP contribution in [0.3, 0.4) is 0 Å². The van der Waals surface area contributed by atoms with E-state index in [0.29, 0.717) is 5.69 Å². The first kappa shape index (κ1) is 13.4. The van der Waals surface area contributed by atoms with Crippen molar-refractivity contribution in [3.05, 3.63) is 29.6 Å². The topological polar surface area (TPSA) is 66.6 Å². The van der Waals surface area contributed by atoms with Crippen molar-refractivity contribution in [3.63, 3.8) is 0 Å². The minimum atomic E-state index is -0.756. The second-order valence-corrected chi connectivity index (χ2v) is 4.57. The largest absolute Gasteiger partial charge is 0.399 e. The van der Waals surface area contributed by atoms with Gasteiger partial charge in [-0.2, -0.15) is 0 Å². The van der Waals surface area contributed by atoms with E-state index in [4.69, 9.17) is 5.73 Å². The summed E-state index contributed by atoms with van der Waals surface area (Å²) < 4.78 is 13.5. The van der Waals surface area contributed by atoms with Crippen molar-refractivity contribution >= 4 is 11.6 Å². The first-order valence-electron chi connectivity index (χ1n) is 5.23. The molecule has 5 heteroatoms. The van der Waals surface area contributed by atoms with Crippen LogP contribution in [0, 0.1) is 5.82 Å². The molecule has 0 spiro atoms. The van der Waals surface area contributed by atoms with Gasteiger partial charge in [-0.15, -0.1) is 0 Å². The molecule has 0 aliphatic carbocycles. The highest BCUT2D eigenvalue weighted by Gasteiger charge is 2.28. The molecular formula is C12H17FN2O2. The van der Waals surface area contributed by atoms with E-state index >= 15 is 0 Å². The van der Waals surface area contributed by atoms with Crippen molar-refractivity contribution in [2.24, 2.45) is 0 Å². The zero-order chi connectivity index (χ0) is 13.2. The normalized spacial score (nSPS) is 11.4. The maximum Gasteiger partial charge on any atom is 0.257 e. The molecule has 0 aliphatic heterocycles. The standard InChI is InChI=1S/C12H17FN2O2/c1-12(2,7-16)15(3)11(17)9-6-8(14)4-5-10(9)13/h4-6,16H,7,14H2,1-3H3. The highest BCUT2D eigenvalue weighted by Crippen LogP contribution is 2.19. The van der Waals surface area contributed by atoms with Crippen molar-refractivity contribution in [2.45, 2.75) is 19.4 Å². The van der Waals surface area contributed by atoms with Crippen LogP contribution < -0.4 is 5.73 Å². The summed E-state index contributed by atoms with van der Waals surface area (Å²) in [6.45, 7) is 3.17. The van der Waals surface area contributed by atoms with Crippen LogP contribution in [0.1, 0.15) is 24.2 Å². The quantitative estimate of drug-likeness (QED) is 0.781. The van der Waals surface area contributed by atoms with Gasteiger partial charge in [-0.3, -0.25) is 4.79 Å². The van der Waals surface area contributed by atoms with Gasteiger partial charge in [-0.05, 0) is 32.0 Å². The number of carbonyl (C=O) groups excluding carboxylic acids is 1. The van der Waals surface area contributed by atoms with Gasteiger partial charge < -0.3 is 15.7 Å². The predicted molar refractivity (Wildman–Crippen MR) is 64.1 cm³/mol. The average molecular weight is 240 g/mol. The average Bonchev–Trinajstić information content (AvgIpc) is 2.30. The molecule has 1 amide bonds. The van der Waals surface area contributed by atoms with Gasteiger partial charge in [-0.1, -0.05) is 0 Å². The Morgan fingerprint density at radius 2 is 2.12 bits per heavy atom. The number of carbonyl (C=O) groups is 1. The second kappa shape index (κ2) is 4.71. The summed E-state index contributed by atoms with van der Waals surface area (Å²) in [5.74, 6) is -1.13. The van der Waals surface area contributed by atoms with E-state index in [2.05, 4.69) is 0 Å². The lowest BCUT2D eigenvalue weighted by atomic mass is 10.0. The van der Waals surface area contributed by atoms with Crippen LogP contribution >= 0.6 is 0 Å². The molecule has 0 aromatic heterocycles. The van der Waals surface area contributed by atoms with Crippen LogP contribution in [0.5, 0.6) is 0 Å². The van der Waals surface area contributed by atoms with Crippen LogP contribution in [0.15, 0.2) is 18.2 Å². The minimum absolute atomic E-state index is 0.0889. The molecule has 0 atom stereocenters. The molecule has 0 bridgehead atoms. The van der Waals surface area contributed by atoms with Gasteiger partial charge in [0.25, 0.3) is 5.91 Å². The van der Waals surface area contributed by atoms with Crippen LogP contribution in [0.4, 0.5) is 10.1 Å². The van der Waals surface area contributed by atoms with Crippen molar-refractivity contribution in [2.75, 3.05) is 19.4 Å². The summed E-state index contributed by atoms with van der Waals surface area (Å²) in [6, 6.07) is 3.84. The maximum absolute atomic E-state index is 13.5. The smallest absolute Gasteiger partial charge is 0.257 e. The van der Waals surface area contributed by atoms with Gasteiger partial charge in [-0.25, -0.2) is 4.39 Å². The van der Waals surface area contributed by atoms with E-state index in [1.165, 1.54) is 24.1 Å². The SMILES string of the molecule is CN(C(=O)c1cc(N)ccc1F)C(C)(C)CO. The highest BCUT2D eigenvalue weighted by atomic mass is 19.1. The monoisotopic (exact) mass is 240 g/mol. The number of amides is 1. The number of hydrogen-bond donors (Lipinski definition) is 2. The second-order valence-electron chi connectivity index (χ2n) is 4.57. The fourth-order valence-corrected chi connectivity index (χ4v) is 1.27. The Balaban J connectivity index is 3.08. The van der Waals surface area contributed by atoms with Crippen molar-refractivity contribution in [3.8, 4) is 0 Å². The van der Waals surface area contributed by atoms with Gasteiger partial charge in [0.15, 0.2) is 0 Å². The molecule has 4 nitrogen and oxygen atoms in total. The fourth-order valence-electron chi connectivity index (χ4n) is 1.27. The number of nitrogens with zero attached hydrogens (tertiary/aromatic N) is 1. The molecule has 3 N–H and O–H groups in total. The molecule has 0 unspecified atom stereocenters. The Kier molecular flexibility index (Phi) is 3.72. The van der Waals surface area contributed by atoms with Crippen LogP contribution in [0.25, 0.3) is 0 Å². The molecule has 0 aliphatic rings.